The number of benzene rings is 2. The molecule has 142 valence electrons. The minimum Gasteiger partial charge on any atom is -0.497 e. The van der Waals surface area contributed by atoms with Crippen molar-refractivity contribution in [1.82, 2.24) is 5.43 Å². The van der Waals surface area contributed by atoms with Crippen LogP contribution in [0.2, 0.25) is 0 Å². The van der Waals surface area contributed by atoms with Crippen LogP contribution in [0.4, 0.5) is 5.69 Å². The van der Waals surface area contributed by atoms with Crippen LogP contribution in [0.1, 0.15) is 30.5 Å². The van der Waals surface area contributed by atoms with Gasteiger partial charge in [-0.05, 0) is 55.5 Å². The van der Waals surface area contributed by atoms with E-state index in [1.165, 1.54) is 4.88 Å². The second kappa shape index (κ2) is 8.96. The van der Waals surface area contributed by atoms with Gasteiger partial charge in [-0.2, -0.15) is 5.10 Å². The van der Waals surface area contributed by atoms with E-state index in [-0.39, 0.29) is 5.91 Å². The second-order valence-corrected chi connectivity index (χ2v) is 7.20. The summed E-state index contributed by atoms with van der Waals surface area (Å²) >= 11 is 1.58. The van der Waals surface area contributed by atoms with Gasteiger partial charge in [-0.15, -0.1) is 11.3 Å². The molecule has 28 heavy (non-hydrogen) atoms. The van der Waals surface area contributed by atoms with Gasteiger partial charge in [0.25, 0.3) is 11.8 Å². The van der Waals surface area contributed by atoms with Crippen molar-refractivity contribution in [1.29, 1.82) is 0 Å². The third-order valence-corrected chi connectivity index (χ3v) is 4.83. The third-order valence-electron chi connectivity index (χ3n) is 3.89. The minimum atomic E-state index is -0.407. The van der Waals surface area contributed by atoms with Crippen molar-refractivity contribution in [2.24, 2.45) is 5.10 Å². The first kappa shape index (κ1) is 19.3. The number of thiophene rings is 1. The molecular formula is C21H19N3O3S. The van der Waals surface area contributed by atoms with Crippen molar-refractivity contribution in [2.45, 2.75) is 6.92 Å². The van der Waals surface area contributed by atoms with Crippen LogP contribution in [0.5, 0.6) is 5.75 Å². The molecule has 0 unspecified atom stereocenters. The Morgan fingerprint density at radius 3 is 2.43 bits per heavy atom. The van der Waals surface area contributed by atoms with E-state index in [1.54, 1.807) is 73.2 Å². The van der Waals surface area contributed by atoms with Gasteiger partial charge in [0.15, 0.2) is 0 Å². The van der Waals surface area contributed by atoms with Gasteiger partial charge in [-0.3, -0.25) is 9.59 Å². The average Bonchev–Trinajstić information content (AvgIpc) is 3.13. The number of anilines is 1. The predicted molar refractivity (Wildman–Crippen MR) is 112 cm³/mol. The van der Waals surface area contributed by atoms with Gasteiger partial charge in [0.1, 0.15) is 5.75 Å². The Bertz CT molecular complexity index is 1010. The molecule has 3 rings (SSSR count). The highest BCUT2D eigenvalue weighted by atomic mass is 32.1. The Balaban J connectivity index is 1.70. The number of ether oxygens (including phenoxy) is 1. The molecule has 0 saturated heterocycles. The van der Waals surface area contributed by atoms with Gasteiger partial charge in [-0.25, -0.2) is 5.43 Å². The molecule has 0 aliphatic heterocycles. The van der Waals surface area contributed by atoms with Crippen molar-refractivity contribution >= 4 is 35.1 Å². The molecule has 2 aromatic carbocycles. The monoisotopic (exact) mass is 393 g/mol. The van der Waals surface area contributed by atoms with Gasteiger partial charge in [0.2, 0.25) is 0 Å². The summed E-state index contributed by atoms with van der Waals surface area (Å²) in [5.41, 5.74) is 3.68. The van der Waals surface area contributed by atoms with E-state index < -0.39 is 5.91 Å². The maximum atomic E-state index is 12.5. The fourth-order valence-electron chi connectivity index (χ4n) is 2.46. The maximum Gasteiger partial charge on any atom is 0.273 e. The first-order valence-corrected chi connectivity index (χ1v) is 9.33. The van der Waals surface area contributed by atoms with E-state index in [4.69, 9.17) is 4.74 Å². The number of hydrogen-bond donors (Lipinski definition) is 2. The topological polar surface area (TPSA) is 79.8 Å². The van der Waals surface area contributed by atoms with E-state index >= 15 is 0 Å². The third kappa shape index (κ3) is 4.83. The van der Waals surface area contributed by atoms with E-state index in [0.717, 1.165) is 4.88 Å². The zero-order chi connectivity index (χ0) is 19.9. The molecule has 0 aliphatic carbocycles. The average molecular weight is 393 g/mol. The lowest BCUT2D eigenvalue weighted by Gasteiger charge is -2.10. The summed E-state index contributed by atoms with van der Waals surface area (Å²) in [6.45, 7) is 2.00. The lowest BCUT2D eigenvalue weighted by molar-refractivity contribution is 0.0956. The number of carbonyl (C=O) groups is 2. The number of nitrogens with one attached hydrogen (secondary N) is 2. The summed E-state index contributed by atoms with van der Waals surface area (Å²) < 4.78 is 5.09. The zero-order valence-electron chi connectivity index (χ0n) is 15.4. The lowest BCUT2D eigenvalue weighted by Crippen LogP contribution is -2.21. The van der Waals surface area contributed by atoms with Crippen LogP contribution < -0.4 is 15.5 Å². The highest BCUT2D eigenvalue weighted by Gasteiger charge is 2.13. The van der Waals surface area contributed by atoms with Gasteiger partial charge in [-0.1, -0.05) is 12.1 Å². The number of hydrazone groups is 1. The SMILES string of the molecule is COc1ccc(C(=O)Nc2ccccc2C(=O)NN=Cc2ccc(C)s2)cc1. The Hall–Kier alpha value is -3.45. The first-order chi connectivity index (χ1) is 13.6. The number of hydrogen-bond acceptors (Lipinski definition) is 5. The number of amides is 2. The summed E-state index contributed by atoms with van der Waals surface area (Å²) in [4.78, 5) is 27.1. The van der Waals surface area contributed by atoms with Crippen LogP contribution in [0.25, 0.3) is 0 Å². The summed E-state index contributed by atoms with van der Waals surface area (Å²) in [6, 6.07) is 17.4. The van der Waals surface area contributed by atoms with Crippen LogP contribution in [-0.2, 0) is 0 Å². The Morgan fingerprint density at radius 1 is 1.00 bits per heavy atom. The largest absolute Gasteiger partial charge is 0.497 e. The van der Waals surface area contributed by atoms with E-state index in [1.807, 2.05) is 19.1 Å². The zero-order valence-corrected chi connectivity index (χ0v) is 16.2. The number of nitrogens with zero attached hydrogens (tertiary/aromatic N) is 1. The van der Waals surface area contributed by atoms with Gasteiger partial charge in [0, 0.05) is 15.3 Å². The number of aryl methyl sites for hydroxylation is 1. The Kier molecular flexibility index (Phi) is 6.18. The molecule has 3 aromatic rings. The molecule has 0 fully saturated rings. The molecule has 1 aromatic heterocycles. The summed E-state index contributed by atoms with van der Waals surface area (Å²) in [5.74, 6) is -0.0641. The molecule has 0 saturated carbocycles. The fraction of sp³-hybridized carbons (Fsp3) is 0.0952. The second-order valence-electron chi connectivity index (χ2n) is 5.88. The van der Waals surface area contributed by atoms with Crippen molar-refractivity contribution < 1.29 is 14.3 Å². The van der Waals surface area contributed by atoms with Crippen LogP contribution in [0.3, 0.4) is 0 Å². The molecule has 0 spiro atoms. The quantitative estimate of drug-likeness (QED) is 0.489. The van der Waals surface area contributed by atoms with E-state index in [2.05, 4.69) is 15.8 Å². The molecule has 0 aliphatic rings. The predicted octanol–water partition coefficient (Wildman–Crippen LogP) is 4.08. The molecular weight excluding hydrogens is 374 g/mol. The standard InChI is InChI=1S/C21H19N3O3S/c1-14-7-12-17(28-14)13-22-24-21(26)18-5-3-4-6-19(18)23-20(25)15-8-10-16(27-2)11-9-15/h3-13H,1-2H3,(H,23,25)(H,24,26). The molecule has 0 atom stereocenters. The maximum absolute atomic E-state index is 12.5. The number of carbonyl (C=O) groups excluding carboxylic acids is 2. The summed E-state index contributed by atoms with van der Waals surface area (Å²) in [5, 5.41) is 6.75. The van der Waals surface area contributed by atoms with Crippen molar-refractivity contribution in [3.8, 4) is 5.75 Å². The highest BCUT2D eigenvalue weighted by Crippen LogP contribution is 2.18. The molecule has 2 amide bonds. The van der Waals surface area contributed by atoms with Crippen LogP contribution in [-0.4, -0.2) is 25.1 Å². The van der Waals surface area contributed by atoms with Crippen LogP contribution in [0.15, 0.2) is 65.8 Å². The van der Waals surface area contributed by atoms with Crippen LogP contribution in [0, 0.1) is 6.92 Å². The number of methoxy groups -OCH3 is 1. The lowest BCUT2D eigenvalue weighted by atomic mass is 10.1. The first-order valence-electron chi connectivity index (χ1n) is 8.51. The molecule has 6 nitrogen and oxygen atoms in total. The normalized spacial score (nSPS) is 10.6. The fourth-order valence-corrected chi connectivity index (χ4v) is 3.21. The summed E-state index contributed by atoms with van der Waals surface area (Å²) in [6.07, 6.45) is 1.59. The number of rotatable bonds is 6. The van der Waals surface area contributed by atoms with E-state index in [9.17, 15) is 9.59 Å². The number of para-hydroxylation sites is 1. The molecule has 1 heterocycles. The highest BCUT2D eigenvalue weighted by molar-refractivity contribution is 7.13. The van der Waals surface area contributed by atoms with Gasteiger partial charge in [0.05, 0.1) is 24.6 Å². The van der Waals surface area contributed by atoms with Gasteiger partial charge < -0.3 is 10.1 Å². The molecule has 0 radical (unpaired) electrons. The molecule has 7 heteroatoms. The van der Waals surface area contributed by atoms with Crippen molar-refractivity contribution in [2.75, 3.05) is 12.4 Å². The molecule has 0 bridgehead atoms. The van der Waals surface area contributed by atoms with Crippen LogP contribution >= 0.6 is 11.3 Å². The van der Waals surface area contributed by atoms with Crippen molar-refractivity contribution in [3.63, 3.8) is 0 Å². The Labute approximate surface area is 166 Å². The van der Waals surface area contributed by atoms with Crippen molar-refractivity contribution in [3.05, 3.63) is 81.5 Å². The smallest absolute Gasteiger partial charge is 0.273 e. The van der Waals surface area contributed by atoms with E-state index in [0.29, 0.717) is 22.6 Å². The summed E-state index contributed by atoms with van der Waals surface area (Å²) in [7, 11) is 1.56. The van der Waals surface area contributed by atoms with Gasteiger partial charge >= 0.3 is 0 Å². The molecule has 2 N–H and O–H groups in total. The minimum absolute atomic E-state index is 0.319. The Morgan fingerprint density at radius 2 is 1.75 bits per heavy atom.